The van der Waals surface area contributed by atoms with Crippen LogP contribution >= 0.6 is 0 Å². The molecule has 0 saturated carbocycles. The zero-order valence-electron chi connectivity index (χ0n) is 8.80. The Balaban J connectivity index is 0.000000146. The standard InChI is InChI=1S/C7H11N.C6H6/c1-6(2)7-4-3-5-8-7;1-2-4-6-5-3-1/h3-7H,1-2H3;1-6H. The summed E-state index contributed by atoms with van der Waals surface area (Å²) in [5.74, 6) is 0.657. The van der Waals surface area contributed by atoms with Gasteiger partial charge in [0.25, 0.3) is 0 Å². The van der Waals surface area contributed by atoms with Crippen LogP contribution < -0.4 is 0 Å². The molecule has 14 heavy (non-hydrogen) atoms. The molecule has 74 valence electrons. The van der Waals surface area contributed by atoms with Gasteiger partial charge >= 0.3 is 0 Å². The Bertz CT molecular complexity index is 247. The van der Waals surface area contributed by atoms with E-state index < -0.39 is 0 Å². The van der Waals surface area contributed by atoms with E-state index in [9.17, 15) is 0 Å². The van der Waals surface area contributed by atoms with Crippen LogP contribution in [0.25, 0.3) is 0 Å². The lowest BCUT2D eigenvalue weighted by Crippen LogP contribution is -2.05. The van der Waals surface area contributed by atoms with Crippen LogP contribution in [0, 0.1) is 5.92 Å². The Labute approximate surface area is 86.2 Å². The van der Waals surface area contributed by atoms with Crippen molar-refractivity contribution in [2.45, 2.75) is 19.9 Å². The molecule has 0 bridgehead atoms. The van der Waals surface area contributed by atoms with Gasteiger partial charge in [-0.25, -0.2) is 0 Å². The summed E-state index contributed by atoms with van der Waals surface area (Å²) in [4.78, 5) is 4.20. The lowest BCUT2D eigenvalue weighted by Gasteiger charge is -2.06. The van der Waals surface area contributed by atoms with Crippen LogP contribution in [0.4, 0.5) is 0 Å². The molecule has 1 aromatic carbocycles. The molecule has 2 rings (SSSR count). The normalized spacial score (nSPS) is 18.1. The zero-order chi connectivity index (χ0) is 10.2. The number of aliphatic imine (C=N–C) groups is 1. The van der Waals surface area contributed by atoms with Crippen molar-refractivity contribution in [2.24, 2.45) is 10.9 Å². The monoisotopic (exact) mass is 187 g/mol. The summed E-state index contributed by atoms with van der Waals surface area (Å²) in [6.45, 7) is 4.36. The van der Waals surface area contributed by atoms with Crippen molar-refractivity contribution in [3.05, 3.63) is 48.6 Å². The van der Waals surface area contributed by atoms with Crippen molar-refractivity contribution in [3.8, 4) is 0 Å². The summed E-state index contributed by atoms with van der Waals surface area (Å²) in [5.41, 5.74) is 0. The minimum Gasteiger partial charge on any atom is -0.285 e. The fraction of sp³-hybridized carbons (Fsp3) is 0.308. The van der Waals surface area contributed by atoms with Crippen molar-refractivity contribution >= 4 is 6.21 Å². The van der Waals surface area contributed by atoms with Crippen LogP contribution in [-0.2, 0) is 0 Å². The largest absolute Gasteiger partial charge is 0.285 e. The summed E-state index contributed by atoms with van der Waals surface area (Å²) in [5, 5.41) is 0. The van der Waals surface area contributed by atoms with E-state index in [4.69, 9.17) is 0 Å². The maximum atomic E-state index is 4.20. The Morgan fingerprint density at radius 1 is 0.929 bits per heavy atom. The minimum atomic E-state index is 0.454. The Kier molecular flexibility index (Phi) is 4.70. The highest BCUT2D eigenvalue weighted by Gasteiger charge is 2.07. The number of hydrogen-bond acceptors (Lipinski definition) is 1. The first-order valence-corrected chi connectivity index (χ1v) is 5.00. The summed E-state index contributed by atoms with van der Waals surface area (Å²) in [7, 11) is 0. The van der Waals surface area contributed by atoms with E-state index in [1.165, 1.54) is 0 Å². The third-order valence-corrected chi connectivity index (χ3v) is 2.00. The van der Waals surface area contributed by atoms with Gasteiger partial charge in [-0.05, 0) is 12.0 Å². The lowest BCUT2D eigenvalue weighted by molar-refractivity contribution is 0.580. The summed E-state index contributed by atoms with van der Waals surface area (Å²) < 4.78 is 0. The van der Waals surface area contributed by atoms with E-state index in [0.717, 1.165) is 0 Å². The second kappa shape index (κ2) is 6.14. The third kappa shape index (κ3) is 4.04. The van der Waals surface area contributed by atoms with Gasteiger partial charge in [0.1, 0.15) is 0 Å². The third-order valence-electron chi connectivity index (χ3n) is 2.00. The van der Waals surface area contributed by atoms with Gasteiger partial charge < -0.3 is 0 Å². The summed E-state index contributed by atoms with van der Waals surface area (Å²) in [6, 6.07) is 12.5. The van der Waals surface area contributed by atoms with Gasteiger partial charge in [0.15, 0.2) is 0 Å². The average molecular weight is 187 g/mol. The van der Waals surface area contributed by atoms with Gasteiger partial charge in [-0.3, -0.25) is 4.99 Å². The molecule has 1 atom stereocenters. The molecule has 0 amide bonds. The molecule has 0 radical (unpaired) electrons. The predicted molar refractivity (Wildman–Crippen MR) is 62.7 cm³/mol. The number of rotatable bonds is 1. The highest BCUT2D eigenvalue weighted by Crippen LogP contribution is 2.09. The van der Waals surface area contributed by atoms with E-state index in [2.05, 4.69) is 24.9 Å². The molecule has 0 N–H and O–H groups in total. The van der Waals surface area contributed by atoms with Gasteiger partial charge in [0.2, 0.25) is 0 Å². The Hall–Kier alpha value is -1.37. The highest BCUT2D eigenvalue weighted by molar-refractivity contribution is 5.74. The van der Waals surface area contributed by atoms with E-state index in [-0.39, 0.29) is 0 Å². The molecular formula is C13H17N. The smallest absolute Gasteiger partial charge is 0.0706 e. The molecule has 0 spiro atoms. The Morgan fingerprint density at radius 2 is 1.43 bits per heavy atom. The summed E-state index contributed by atoms with van der Waals surface area (Å²) >= 11 is 0. The van der Waals surface area contributed by atoms with Crippen molar-refractivity contribution in [2.75, 3.05) is 0 Å². The number of benzene rings is 1. The maximum Gasteiger partial charge on any atom is 0.0706 e. The van der Waals surface area contributed by atoms with E-state index in [1.54, 1.807) is 0 Å². The van der Waals surface area contributed by atoms with Gasteiger partial charge in [0.05, 0.1) is 6.04 Å². The first kappa shape index (κ1) is 10.7. The molecule has 1 aromatic rings. The van der Waals surface area contributed by atoms with Crippen molar-refractivity contribution in [3.63, 3.8) is 0 Å². The number of hydrogen-bond donors (Lipinski definition) is 0. The molecule has 1 heteroatoms. The quantitative estimate of drug-likeness (QED) is 0.639. The van der Waals surface area contributed by atoms with Gasteiger partial charge in [-0.1, -0.05) is 56.3 Å². The lowest BCUT2D eigenvalue weighted by atomic mass is 10.1. The van der Waals surface area contributed by atoms with Crippen LogP contribution in [0.1, 0.15) is 13.8 Å². The van der Waals surface area contributed by atoms with Crippen LogP contribution in [0.2, 0.25) is 0 Å². The molecule has 1 heterocycles. The molecule has 0 saturated heterocycles. The fourth-order valence-corrected chi connectivity index (χ4v) is 1.14. The second-order valence-electron chi connectivity index (χ2n) is 3.57. The minimum absolute atomic E-state index is 0.454. The molecular weight excluding hydrogens is 170 g/mol. The Morgan fingerprint density at radius 3 is 1.64 bits per heavy atom. The van der Waals surface area contributed by atoms with Crippen molar-refractivity contribution < 1.29 is 0 Å². The average Bonchev–Trinajstić information content (AvgIpc) is 2.74. The fourth-order valence-electron chi connectivity index (χ4n) is 1.14. The van der Waals surface area contributed by atoms with E-state index >= 15 is 0 Å². The molecule has 1 aliphatic heterocycles. The van der Waals surface area contributed by atoms with Crippen LogP contribution in [0.15, 0.2) is 53.5 Å². The molecule has 0 fully saturated rings. The predicted octanol–water partition coefficient (Wildman–Crippen LogP) is 3.34. The van der Waals surface area contributed by atoms with Crippen LogP contribution in [-0.4, -0.2) is 12.3 Å². The topological polar surface area (TPSA) is 12.4 Å². The zero-order valence-corrected chi connectivity index (χ0v) is 8.80. The number of allylic oxidation sites excluding steroid dienone is 1. The van der Waals surface area contributed by atoms with E-state index in [0.29, 0.717) is 12.0 Å². The van der Waals surface area contributed by atoms with Crippen molar-refractivity contribution in [1.82, 2.24) is 0 Å². The molecule has 1 nitrogen and oxygen atoms in total. The second-order valence-corrected chi connectivity index (χ2v) is 3.57. The van der Waals surface area contributed by atoms with Crippen molar-refractivity contribution in [1.29, 1.82) is 0 Å². The number of nitrogens with zero attached hydrogens (tertiary/aromatic N) is 1. The first-order valence-electron chi connectivity index (χ1n) is 5.00. The molecule has 0 aliphatic carbocycles. The van der Waals surface area contributed by atoms with E-state index in [1.807, 2.05) is 48.7 Å². The SMILES string of the molecule is CC(C)C1C=CC=N1.c1ccccc1. The van der Waals surface area contributed by atoms with Gasteiger partial charge in [0, 0.05) is 6.21 Å². The van der Waals surface area contributed by atoms with Crippen LogP contribution in [0.3, 0.4) is 0 Å². The van der Waals surface area contributed by atoms with Crippen LogP contribution in [0.5, 0.6) is 0 Å². The summed E-state index contributed by atoms with van der Waals surface area (Å²) in [6.07, 6.45) is 6.00. The molecule has 0 aromatic heterocycles. The molecule has 1 aliphatic rings. The first-order chi connectivity index (χ1) is 6.80. The van der Waals surface area contributed by atoms with Gasteiger partial charge in [-0.2, -0.15) is 0 Å². The van der Waals surface area contributed by atoms with Gasteiger partial charge in [-0.15, -0.1) is 0 Å². The highest BCUT2D eigenvalue weighted by atomic mass is 14.8. The maximum absolute atomic E-state index is 4.20. The molecule has 1 unspecified atom stereocenters.